The van der Waals surface area contributed by atoms with E-state index >= 15 is 0 Å². The number of esters is 1. The number of carbonyl (C=O) groups excluding carboxylic acids is 1. The molecule has 0 aliphatic heterocycles. The average Bonchev–Trinajstić information content (AvgIpc) is 2.59. The van der Waals surface area contributed by atoms with Crippen molar-refractivity contribution in [3.63, 3.8) is 0 Å². The Kier molecular flexibility index (Phi) is 7.18. The molecule has 1 rings (SSSR count). The first-order valence-electron chi connectivity index (χ1n) is 8.55. The monoisotopic (exact) mass is 452 g/mol. The van der Waals surface area contributed by atoms with Gasteiger partial charge in [-0.2, -0.15) is 39.5 Å². The number of halogens is 11. The maximum Gasteiger partial charge on any atom is 0.404 e. The van der Waals surface area contributed by atoms with Crippen molar-refractivity contribution in [1.29, 1.82) is 0 Å². The largest absolute Gasteiger partial charge is 0.462 e. The van der Waals surface area contributed by atoms with Crippen molar-refractivity contribution in [2.75, 3.05) is 0 Å². The Morgan fingerprint density at radius 3 is 1.72 bits per heavy atom. The highest BCUT2D eigenvalue weighted by Gasteiger charge is 2.77. The van der Waals surface area contributed by atoms with Crippen molar-refractivity contribution in [1.82, 2.24) is 0 Å². The van der Waals surface area contributed by atoms with Crippen molar-refractivity contribution >= 4 is 5.97 Å². The molecule has 0 aromatic rings. The third-order valence-corrected chi connectivity index (χ3v) is 5.36. The summed E-state index contributed by atoms with van der Waals surface area (Å²) in [6.07, 6.45) is -15.1. The lowest BCUT2D eigenvalue weighted by Gasteiger charge is -2.40. The van der Waals surface area contributed by atoms with Crippen molar-refractivity contribution in [2.45, 2.75) is 82.4 Å². The fraction of sp³-hybridized carbons (Fsp3) is 0.938. The first-order valence-corrected chi connectivity index (χ1v) is 8.55. The maximum absolute atomic E-state index is 13.9. The fourth-order valence-corrected chi connectivity index (χ4v) is 2.90. The molecule has 1 unspecified atom stereocenters. The van der Waals surface area contributed by atoms with Crippen LogP contribution in [0.3, 0.4) is 0 Å². The molecule has 0 heterocycles. The van der Waals surface area contributed by atoms with Crippen molar-refractivity contribution in [3.8, 4) is 0 Å². The minimum Gasteiger partial charge on any atom is -0.462 e. The lowest BCUT2D eigenvalue weighted by molar-refractivity contribution is -0.352. The smallest absolute Gasteiger partial charge is 0.404 e. The maximum atomic E-state index is 13.9. The van der Waals surface area contributed by atoms with Crippen LogP contribution in [0.1, 0.15) is 46.0 Å². The summed E-state index contributed by atoms with van der Waals surface area (Å²) in [5, 5.41) is 0. The van der Waals surface area contributed by atoms with Gasteiger partial charge in [0.15, 0.2) is 5.41 Å². The summed E-state index contributed by atoms with van der Waals surface area (Å²) in [5.74, 6) is -22.3. The molecule has 0 N–H and O–H groups in total. The Labute approximate surface area is 158 Å². The van der Waals surface area contributed by atoms with Gasteiger partial charge in [-0.05, 0) is 39.0 Å². The van der Waals surface area contributed by atoms with Crippen LogP contribution in [0.2, 0.25) is 0 Å². The van der Waals surface area contributed by atoms with Gasteiger partial charge in [0.25, 0.3) is 0 Å². The van der Waals surface area contributed by atoms with Crippen LogP contribution in [0.5, 0.6) is 0 Å². The molecule has 0 aromatic heterocycles. The van der Waals surface area contributed by atoms with Gasteiger partial charge in [0.1, 0.15) is 6.10 Å². The van der Waals surface area contributed by atoms with Crippen molar-refractivity contribution in [3.05, 3.63) is 0 Å². The summed E-state index contributed by atoms with van der Waals surface area (Å²) < 4.78 is 149. The van der Waals surface area contributed by atoms with E-state index in [9.17, 15) is 53.1 Å². The molecule has 0 amide bonds. The molecule has 1 saturated carbocycles. The Hall–Kier alpha value is -1.30. The van der Waals surface area contributed by atoms with Gasteiger partial charge in [-0.3, -0.25) is 4.79 Å². The quantitative estimate of drug-likeness (QED) is 0.338. The van der Waals surface area contributed by atoms with Gasteiger partial charge in [0, 0.05) is 5.92 Å². The first kappa shape index (κ1) is 25.7. The number of ether oxygens (including phenoxy) is 1. The second kappa shape index (κ2) is 8.09. The molecule has 1 aliphatic carbocycles. The molecule has 2 nitrogen and oxygen atoms in total. The van der Waals surface area contributed by atoms with Crippen molar-refractivity contribution in [2.24, 2.45) is 11.3 Å². The SMILES string of the molecule is CCC(C)(C(=O)OC1CCC(C(F)(F)C(F)(F)C(F)(F)C(F)F)CC1)C(F)(F)F. The van der Waals surface area contributed by atoms with Crippen LogP contribution >= 0.6 is 0 Å². The van der Waals surface area contributed by atoms with Crippen LogP contribution in [0.4, 0.5) is 48.3 Å². The summed E-state index contributed by atoms with van der Waals surface area (Å²) in [5.41, 5.74) is -2.87. The molecule has 0 aromatic carbocycles. The van der Waals surface area contributed by atoms with E-state index in [1.807, 2.05) is 0 Å². The fourth-order valence-electron chi connectivity index (χ4n) is 2.90. The molecule has 1 aliphatic rings. The summed E-state index contributed by atoms with van der Waals surface area (Å²) in [4.78, 5) is 11.9. The van der Waals surface area contributed by atoms with E-state index in [-0.39, 0.29) is 0 Å². The first-order chi connectivity index (χ1) is 12.9. The molecule has 29 heavy (non-hydrogen) atoms. The highest BCUT2D eigenvalue weighted by atomic mass is 19.4. The Balaban J connectivity index is 2.86. The zero-order valence-electron chi connectivity index (χ0n) is 15.2. The Morgan fingerprint density at radius 1 is 0.931 bits per heavy atom. The van der Waals surface area contributed by atoms with Gasteiger partial charge in [-0.15, -0.1) is 0 Å². The van der Waals surface area contributed by atoms with Crippen LogP contribution in [-0.4, -0.2) is 42.4 Å². The van der Waals surface area contributed by atoms with Gasteiger partial charge in [-0.25, -0.2) is 8.78 Å². The Bertz CT molecular complexity index is 580. The molecular weight excluding hydrogens is 433 g/mol. The molecule has 1 fully saturated rings. The highest BCUT2D eigenvalue weighted by molar-refractivity contribution is 5.77. The summed E-state index contributed by atoms with van der Waals surface area (Å²) in [6, 6.07) is 0. The van der Waals surface area contributed by atoms with Gasteiger partial charge in [0.2, 0.25) is 0 Å². The van der Waals surface area contributed by atoms with Crippen LogP contribution in [0, 0.1) is 11.3 Å². The molecule has 0 saturated heterocycles. The zero-order chi connectivity index (χ0) is 23.1. The van der Waals surface area contributed by atoms with Crippen LogP contribution in [-0.2, 0) is 9.53 Å². The Morgan fingerprint density at radius 2 is 1.38 bits per heavy atom. The third kappa shape index (κ3) is 4.42. The molecule has 1 atom stereocenters. The molecule has 0 bridgehead atoms. The van der Waals surface area contributed by atoms with Crippen LogP contribution < -0.4 is 0 Å². The van der Waals surface area contributed by atoms with Gasteiger partial charge >= 0.3 is 36.3 Å². The number of rotatable bonds is 7. The van der Waals surface area contributed by atoms with Crippen LogP contribution in [0.25, 0.3) is 0 Å². The average molecular weight is 452 g/mol. The van der Waals surface area contributed by atoms with E-state index in [2.05, 4.69) is 4.74 Å². The summed E-state index contributed by atoms with van der Waals surface area (Å²) in [7, 11) is 0. The molecular formula is C16H19F11O2. The third-order valence-electron chi connectivity index (χ3n) is 5.36. The minimum atomic E-state index is -6.35. The lowest BCUT2D eigenvalue weighted by atomic mass is 9.79. The second-order valence-electron chi connectivity index (χ2n) is 7.18. The summed E-state index contributed by atoms with van der Waals surface area (Å²) >= 11 is 0. The second-order valence-corrected chi connectivity index (χ2v) is 7.18. The molecule has 13 heteroatoms. The zero-order valence-corrected chi connectivity index (χ0v) is 15.2. The van der Waals surface area contributed by atoms with Crippen LogP contribution in [0.15, 0.2) is 0 Å². The van der Waals surface area contributed by atoms with E-state index < -0.39 is 85.9 Å². The molecule has 0 spiro atoms. The molecule has 0 radical (unpaired) electrons. The normalized spacial score (nSPS) is 24.3. The highest BCUT2D eigenvalue weighted by Crippen LogP contribution is 2.54. The van der Waals surface area contributed by atoms with E-state index in [0.717, 1.165) is 6.92 Å². The number of alkyl halides is 11. The van der Waals surface area contributed by atoms with E-state index in [1.165, 1.54) is 0 Å². The van der Waals surface area contributed by atoms with Gasteiger partial charge in [-0.1, -0.05) is 6.92 Å². The van der Waals surface area contributed by atoms with E-state index in [4.69, 9.17) is 0 Å². The van der Waals surface area contributed by atoms with E-state index in [0.29, 0.717) is 6.92 Å². The minimum absolute atomic E-state index is 0.572. The molecule has 172 valence electrons. The van der Waals surface area contributed by atoms with E-state index in [1.54, 1.807) is 0 Å². The number of hydrogen-bond donors (Lipinski definition) is 0. The van der Waals surface area contributed by atoms with Gasteiger partial charge < -0.3 is 4.74 Å². The standard InChI is InChI=1S/C16H19F11O2/c1-3-12(2,16(25,26)27)11(28)29-9-6-4-8(5-7-9)13(19,20)15(23,24)14(21,22)10(17)18/h8-10H,3-7H2,1-2H3. The summed E-state index contributed by atoms with van der Waals surface area (Å²) in [6.45, 7) is 1.64. The number of hydrogen-bond acceptors (Lipinski definition) is 2. The predicted molar refractivity (Wildman–Crippen MR) is 77.1 cm³/mol. The lowest BCUT2D eigenvalue weighted by Crippen LogP contribution is -2.60. The number of carbonyl (C=O) groups is 1. The van der Waals surface area contributed by atoms with Gasteiger partial charge in [0.05, 0.1) is 0 Å². The predicted octanol–water partition coefficient (Wildman–Crippen LogP) is 6.24. The topological polar surface area (TPSA) is 26.3 Å². The van der Waals surface area contributed by atoms with Crippen molar-refractivity contribution < 1.29 is 57.8 Å².